The highest BCUT2D eigenvalue weighted by atomic mass is 127. The highest BCUT2D eigenvalue weighted by Gasteiger charge is 2.16. The fourth-order valence-corrected chi connectivity index (χ4v) is 4.85. The molecule has 4 rings (SSSR count). The Bertz CT molecular complexity index is 1070. The van der Waals surface area contributed by atoms with E-state index in [4.69, 9.17) is 0 Å². The van der Waals surface area contributed by atoms with Crippen LogP contribution in [0.1, 0.15) is 43.0 Å². The van der Waals surface area contributed by atoms with Crippen molar-refractivity contribution < 1.29 is 5.11 Å². The third-order valence-corrected chi connectivity index (χ3v) is 6.63. The van der Waals surface area contributed by atoms with Gasteiger partial charge in [0.2, 0.25) is 0 Å². The van der Waals surface area contributed by atoms with Crippen molar-refractivity contribution in [2.75, 3.05) is 19.6 Å². The number of hydrogen-bond donors (Lipinski definition) is 3. The molecule has 32 heavy (non-hydrogen) atoms. The zero-order valence-corrected chi connectivity index (χ0v) is 21.4. The number of rotatable bonds is 8. The third-order valence-electron chi connectivity index (χ3n) is 5.41. The van der Waals surface area contributed by atoms with E-state index in [0.29, 0.717) is 19.0 Å². The van der Waals surface area contributed by atoms with Crippen molar-refractivity contribution in [2.45, 2.75) is 51.8 Å². The van der Waals surface area contributed by atoms with E-state index in [1.165, 1.54) is 4.70 Å². The smallest absolute Gasteiger partial charge is 0.345 e. The molecule has 0 saturated heterocycles. The van der Waals surface area contributed by atoms with Crippen LogP contribution in [-0.4, -0.2) is 45.0 Å². The molecular formula is C22H31IN6O2S. The molecule has 10 heteroatoms. The Hall–Kier alpha value is -1.92. The normalized spacial score (nSPS) is 14.6. The molecule has 0 fully saturated rings. The number of aliphatic hydroxyl groups excluding tert-OH is 1. The fraction of sp³-hybridized carbons (Fsp3) is 0.500. The highest BCUT2D eigenvalue weighted by molar-refractivity contribution is 14.0. The van der Waals surface area contributed by atoms with E-state index < -0.39 is 6.10 Å². The van der Waals surface area contributed by atoms with Gasteiger partial charge in [-0.2, -0.15) is 5.10 Å². The van der Waals surface area contributed by atoms with Gasteiger partial charge in [0.15, 0.2) is 5.96 Å². The molecule has 2 aromatic heterocycles. The first kappa shape index (κ1) is 24.7. The summed E-state index contributed by atoms with van der Waals surface area (Å²) in [6.07, 6.45) is 3.17. The summed E-state index contributed by atoms with van der Waals surface area (Å²) in [5.41, 5.74) is 0.00160. The van der Waals surface area contributed by atoms with Crippen LogP contribution >= 0.6 is 35.3 Å². The van der Waals surface area contributed by atoms with Crippen molar-refractivity contribution in [3.8, 4) is 0 Å². The average molecular weight is 571 g/mol. The topological polar surface area (TPSA) is 96.5 Å². The number of benzene rings is 1. The SMILES string of the molecule is CCNC(=NCC(O)c1cc2ccccc2s1)NCCCn1nc2n(c1=O)CCCC2.I. The Morgan fingerprint density at radius 3 is 2.94 bits per heavy atom. The summed E-state index contributed by atoms with van der Waals surface area (Å²) in [5.74, 6) is 1.58. The van der Waals surface area contributed by atoms with Gasteiger partial charge in [-0.1, -0.05) is 18.2 Å². The lowest BCUT2D eigenvalue weighted by Gasteiger charge is -2.12. The maximum atomic E-state index is 12.4. The molecule has 1 unspecified atom stereocenters. The Labute approximate surface area is 208 Å². The van der Waals surface area contributed by atoms with Crippen molar-refractivity contribution >= 4 is 51.4 Å². The molecule has 1 aliphatic rings. The van der Waals surface area contributed by atoms with Gasteiger partial charge < -0.3 is 15.7 Å². The molecule has 0 spiro atoms. The zero-order valence-electron chi connectivity index (χ0n) is 18.3. The Morgan fingerprint density at radius 2 is 2.16 bits per heavy atom. The van der Waals surface area contributed by atoms with E-state index in [0.717, 1.165) is 54.9 Å². The van der Waals surface area contributed by atoms with Crippen molar-refractivity contribution in [3.05, 3.63) is 51.5 Å². The number of guanidine groups is 1. The lowest BCUT2D eigenvalue weighted by Crippen LogP contribution is -2.38. The number of hydrogen-bond acceptors (Lipinski definition) is 5. The van der Waals surface area contributed by atoms with Crippen LogP contribution in [0, 0.1) is 0 Å². The minimum atomic E-state index is -0.636. The largest absolute Gasteiger partial charge is 0.386 e. The molecule has 3 aromatic rings. The van der Waals surface area contributed by atoms with E-state index in [2.05, 4.69) is 32.9 Å². The molecule has 0 radical (unpaired) electrons. The number of nitrogens with zero attached hydrogens (tertiary/aromatic N) is 4. The molecule has 0 amide bonds. The number of aliphatic hydroxyl groups is 1. The van der Waals surface area contributed by atoms with E-state index in [1.54, 1.807) is 20.6 Å². The first-order valence-electron chi connectivity index (χ1n) is 11.0. The molecule has 0 saturated carbocycles. The van der Waals surface area contributed by atoms with Crippen LogP contribution in [0.25, 0.3) is 10.1 Å². The highest BCUT2D eigenvalue weighted by Crippen LogP contribution is 2.29. The Morgan fingerprint density at radius 1 is 1.31 bits per heavy atom. The predicted octanol–water partition coefficient (Wildman–Crippen LogP) is 2.89. The maximum Gasteiger partial charge on any atom is 0.345 e. The number of aryl methyl sites for hydroxylation is 2. The molecule has 3 N–H and O–H groups in total. The second-order valence-electron chi connectivity index (χ2n) is 7.73. The first-order chi connectivity index (χ1) is 15.2. The lowest BCUT2D eigenvalue weighted by molar-refractivity contribution is 0.191. The van der Waals surface area contributed by atoms with Gasteiger partial charge in [-0.25, -0.2) is 9.48 Å². The number of aromatic nitrogens is 3. The van der Waals surface area contributed by atoms with Gasteiger partial charge in [0, 0.05) is 42.2 Å². The maximum absolute atomic E-state index is 12.4. The zero-order chi connectivity index (χ0) is 21.6. The van der Waals surface area contributed by atoms with Crippen molar-refractivity contribution in [1.82, 2.24) is 25.0 Å². The summed E-state index contributed by atoms with van der Waals surface area (Å²) in [4.78, 5) is 17.9. The van der Waals surface area contributed by atoms with Crippen LogP contribution in [0.2, 0.25) is 0 Å². The second-order valence-corrected chi connectivity index (χ2v) is 8.85. The summed E-state index contributed by atoms with van der Waals surface area (Å²) < 4.78 is 4.55. The van der Waals surface area contributed by atoms with Crippen molar-refractivity contribution in [2.24, 2.45) is 4.99 Å². The fourth-order valence-electron chi connectivity index (χ4n) is 3.81. The number of thiophene rings is 1. The Balaban J connectivity index is 0.00000289. The summed E-state index contributed by atoms with van der Waals surface area (Å²) in [6.45, 7) is 5.06. The number of fused-ring (bicyclic) bond motifs is 2. The van der Waals surface area contributed by atoms with Gasteiger partial charge in [0.1, 0.15) is 11.9 Å². The number of aliphatic imine (C=N–C) groups is 1. The van der Waals surface area contributed by atoms with Gasteiger partial charge in [0.25, 0.3) is 0 Å². The second kappa shape index (κ2) is 11.8. The quantitative estimate of drug-likeness (QED) is 0.168. The van der Waals surface area contributed by atoms with Crippen LogP contribution in [0.3, 0.4) is 0 Å². The standard InChI is InChI=1S/C22H30N6O2S.HI/c1-2-23-21(25-15-17(29)19-14-16-8-3-4-9-18(16)31-19)24-11-7-13-28-22(30)27-12-6-5-10-20(27)26-28;/h3-4,8-9,14,17,29H,2,5-7,10-13,15H2,1H3,(H2,23,24,25);1H. The summed E-state index contributed by atoms with van der Waals surface area (Å²) in [5, 5.41) is 22.7. The van der Waals surface area contributed by atoms with E-state index in [9.17, 15) is 9.90 Å². The molecule has 8 nitrogen and oxygen atoms in total. The minimum absolute atomic E-state index is 0. The third kappa shape index (κ3) is 5.90. The number of nitrogens with one attached hydrogen (secondary N) is 2. The molecule has 1 aromatic carbocycles. The number of halogens is 1. The monoisotopic (exact) mass is 570 g/mol. The van der Waals surface area contributed by atoms with Crippen LogP contribution in [0.15, 0.2) is 40.1 Å². The summed E-state index contributed by atoms with van der Waals surface area (Å²) in [7, 11) is 0. The van der Waals surface area contributed by atoms with Crippen LogP contribution < -0.4 is 16.3 Å². The van der Waals surface area contributed by atoms with Crippen molar-refractivity contribution in [1.29, 1.82) is 0 Å². The van der Waals surface area contributed by atoms with Crippen LogP contribution in [0.5, 0.6) is 0 Å². The van der Waals surface area contributed by atoms with Gasteiger partial charge in [-0.05, 0) is 43.7 Å². The van der Waals surface area contributed by atoms with Crippen LogP contribution in [-0.2, 0) is 19.5 Å². The van der Waals surface area contributed by atoms with E-state index >= 15 is 0 Å². The van der Waals surface area contributed by atoms with Crippen LogP contribution in [0.4, 0.5) is 0 Å². The molecule has 1 aliphatic heterocycles. The molecule has 3 heterocycles. The van der Waals surface area contributed by atoms with Crippen molar-refractivity contribution in [3.63, 3.8) is 0 Å². The molecule has 1 atom stereocenters. The summed E-state index contributed by atoms with van der Waals surface area (Å²) in [6, 6.07) is 10.2. The van der Waals surface area contributed by atoms with Gasteiger partial charge in [0.05, 0.1) is 6.54 Å². The molecule has 0 bridgehead atoms. The predicted molar refractivity (Wildman–Crippen MR) is 140 cm³/mol. The van der Waals surface area contributed by atoms with E-state index in [-0.39, 0.29) is 36.2 Å². The molecule has 174 valence electrons. The first-order valence-corrected chi connectivity index (χ1v) is 11.8. The minimum Gasteiger partial charge on any atom is -0.386 e. The Kier molecular flexibility index (Phi) is 9.11. The lowest BCUT2D eigenvalue weighted by atomic mass is 10.2. The molecule has 0 aliphatic carbocycles. The molecular weight excluding hydrogens is 539 g/mol. The van der Waals surface area contributed by atoms with Gasteiger partial charge >= 0.3 is 5.69 Å². The summed E-state index contributed by atoms with van der Waals surface area (Å²) >= 11 is 1.60. The van der Waals surface area contributed by atoms with E-state index in [1.807, 2.05) is 25.1 Å². The average Bonchev–Trinajstić information content (AvgIpc) is 3.36. The van der Waals surface area contributed by atoms with Gasteiger partial charge in [-0.3, -0.25) is 9.56 Å². The van der Waals surface area contributed by atoms with Gasteiger partial charge in [-0.15, -0.1) is 35.3 Å².